The van der Waals surface area contributed by atoms with Crippen molar-refractivity contribution in [3.63, 3.8) is 0 Å². The molecule has 4 rings (SSSR count). The molecule has 0 unspecified atom stereocenters. The largest absolute Gasteiger partial charge is 0.494 e. The van der Waals surface area contributed by atoms with Crippen LogP contribution < -0.4 is 19.1 Å². The molecule has 0 bridgehead atoms. The molecular weight excluding hydrogens is 525 g/mol. The van der Waals surface area contributed by atoms with Crippen LogP contribution >= 0.6 is 0 Å². The zero-order valence-corrected chi connectivity index (χ0v) is 21.5. The fraction of sp³-hybridized carbons (Fsp3) is 0.269. The summed E-state index contributed by atoms with van der Waals surface area (Å²) in [4.78, 5) is 11.9. The Hall–Kier alpha value is -3.77. The van der Waals surface area contributed by atoms with Crippen LogP contribution in [0.2, 0.25) is 0 Å². The van der Waals surface area contributed by atoms with Crippen molar-refractivity contribution < 1.29 is 41.0 Å². The highest BCUT2D eigenvalue weighted by Gasteiger charge is 2.36. The highest BCUT2D eigenvalue weighted by molar-refractivity contribution is 7.92. The van der Waals surface area contributed by atoms with Gasteiger partial charge in [0.1, 0.15) is 29.1 Å². The number of nitrogens with zero attached hydrogens (tertiary/aromatic N) is 1. The quantitative estimate of drug-likeness (QED) is 0.466. The van der Waals surface area contributed by atoms with Crippen molar-refractivity contribution in [1.29, 1.82) is 0 Å². The van der Waals surface area contributed by atoms with Crippen LogP contribution in [0.3, 0.4) is 0 Å². The lowest BCUT2D eigenvalue weighted by Crippen LogP contribution is -2.51. The minimum absolute atomic E-state index is 0.0273. The van der Waals surface area contributed by atoms with E-state index in [2.05, 4.69) is 5.32 Å². The van der Waals surface area contributed by atoms with Crippen molar-refractivity contribution in [3.05, 3.63) is 72.0 Å². The lowest BCUT2D eigenvalue weighted by atomic mass is 10.0. The Morgan fingerprint density at radius 3 is 2.50 bits per heavy atom. The van der Waals surface area contributed by atoms with Gasteiger partial charge >= 0.3 is 0 Å². The molecule has 2 N–H and O–H groups in total. The summed E-state index contributed by atoms with van der Waals surface area (Å²) < 4.78 is 81.7. The Bertz CT molecular complexity index is 1490. The van der Waals surface area contributed by atoms with Gasteiger partial charge in [0, 0.05) is 11.6 Å². The van der Waals surface area contributed by atoms with Crippen LogP contribution in [0.1, 0.15) is 13.8 Å². The van der Waals surface area contributed by atoms with E-state index in [-0.39, 0.29) is 46.3 Å². The van der Waals surface area contributed by atoms with E-state index in [1.807, 2.05) is 0 Å². The van der Waals surface area contributed by atoms with E-state index in [9.17, 15) is 31.5 Å². The number of halogens is 3. The molecule has 0 aliphatic carbocycles. The van der Waals surface area contributed by atoms with Gasteiger partial charge in [-0.05, 0) is 61.9 Å². The molecule has 1 atom stereocenters. The first kappa shape index (κ1) is 27.3. The zero-order valence-electron chi connectivity index (χ0n) is 20.7. The third kappa shape index (κ3) is 5.41. The number of anilines is 1. The number of rotatable bonds is 7. The number of methoxy groups -OCH3 is 1. The maximum atomic E-state index is 14.5. The molecule has 1 aliphatic rings. The van der Waals surface area contributed by atoms with Gasteiger partial charge in [-0.3, -0.25) is 9.10 Å². The monoisotopic (exact) mass is 550 g/mol. The number of fused-ring (bicyclic) bond motifs is 1. The Morgan fingerprint density at radius 1 is 1.11 bits per heavy atom. The number of sulfonamides is 1. The number of nitrogens with one attached hydrogen (secondary N) is 1. The number of hydrogen-bond donors (Lipinski definition) is 2. The molecule has 1 heterocycles. The van der Waals surface area contributed by atoms with Crippen molar-refractivity contribution >= 4 is 21.6 Å². The molecule has 0 radical (unpaired) electrons. The molecule has 0 fully saturated rings. The summed E-state index contributed by atoms with van der Waals surface area (Å²) in [5.41, 5.74) is -1.55. The second-order valence-electron chi connectivity index (χ2n) is 9.15. The molecule has 3 aromatic carbocycles. The van der Waals surface area contributed by atoms with Crippen molar-refractivity contribution in [2.24, 2.45) is 0 Å². The van der Waals surface area contributed by atoms with Crippen LogP contribution in [0.5, 0.6) is 11.5 Å². The molecule has 38 heavy (non-hydrogen) atoms. The third-order valence-corrected chi connectivity index (χ3v) is 7.66. The SMILES string of the molecule is COc1cc(S(=O)(=O)N2C[C@H](CNC(=O)C(C)(C)O)Oc3ccc(-c4cc(F)ccc4F)cc32)ccc1F. The van der Waals surface area contributed by atoms with Crippen molar-refractivity contribution in [3.8, 4) is 22.6 Å². The lowest BCUT2D eigenvalue weighted by molar-refractivity contribution is -0.136. The zero-order chi connectivity index (χ0) is 27.8. The molecule has 8 nitrogen and oxygen atoms in total. The van der Waals surface area contributed by atoms with Crippen LogP contribution in [0.25, 0.3) is 11.1 Å². The fourth-order valence-corrected chi connectivity index (χ4v) is 5.40. The molecule has 0 aromatic heterocycles. The van der Waals surface area contributed by atoms with Gasteiger partial charge < -0.3 is 19.9 Å². The van der Waals surface area contributed by atoms with E-state index in [0.717, 1.165) is 40.7 Å². The first-order chi connectivity index (χ1) is 17.8. The van der Waals surface area contributed by atoms with Crippen molar-refractivity contribution in [2.75, 3.05) is 24.5 Å². The summed E-state index contributed by atoms with van der Waals surface area (Å²) in [6.07, 6.45) is -0.886. The molecule has 3 aromatic rings. The second kappa shape index (κ2) is 10.2. The van der Waals surface area contributed by atoms with E-state index < -0.39 is 45.1 Å². The predicted octanol–water partition coefficient (Wildman–Crippen LogP) is 3.62. The molecular formula is C26H25F3N2O6S. The van der Waals surface area contributed by atoms with Gasteiger partial charge in [-0.25, -0.2) is 21.6 Å². The molecule has 0 spiro atoms. The summed E-state index contributed by atoms with van der Waals surface area (Å²) in [5.74, 6) is -3.04. The van der Waals surface area contributed by atoms with Gasteiger partial charge in [0.2, 0.25) is 0 Å². The van der Waals surface area contributed by atoms with E-state index in [1.165, 1.54) is 39.2 Å². The fourth-order valence-electron chi connectivity index (χ4n) is 3.88. The van der Waals surface area contributed by atoms with Crippen molar-refractivity contribution in [1.82, 2.24) is 5.32 Å². The average molecular weight is 551 g/mol. The number of amides is 1. The minimum atomic E-state index is -4.37. The summed E-state index contributed by atoms with van der Waals surface area (Å²) in [7, 11) is -3.17. The Kier molecular flexibility index (Phi) is 7.31. The Morgan fingerprint density at radius 2 is 1.82 bits per heavy atom. The minimum Gasteiger partial charge on any atom is -0.494 e. The standard InChI is InChI=1S/C26H25F3N2O6S/c1-26(2,33)25(32)30-13-17-14-31(38(34,35)18-6-8-21(29)24(12-18)36-3)22-10-15(4-9-23(22)37-17)19-11-16(27)5-7-20(19)28/h4-12,17,33H,13-14H2,1-3H3,(H,30,32)/t17-/m0/s1. The maximum absolute atomic E-state index is 14.5. The Balaban J connectivity index is 1.79. The lowest BCUT2D eigenvalue weighted by Gasteiger charge is -2.36. The van der Waals surface area contributed by atoms with Gasteiger partial charge in [0.25, 0.3) is 15.9 Å². The van der Waals surface area contributed by atoms with Gasteiger partial charge in [0.15, 0.2) is 11.6 Å². The molecule has 202 valence electrons. The van der Waals surface area contributed by atoms with Crippen LogP contribution in [0, 0.1) is 17.5 Å². The number of hydrogen-bond acceptors (Lipinski definition) is 6. The Labute approximate surface area is 217 Å². The number of aliphatic hydroxyl groups is 1. The molecule has 12 heteroatoms. The van der Waals surface area contributed by atoms with Gasteiger partial charge in [-0.1, -0.05) is 6.07 Å². The topological polar surface area (TPSA) is 105 Å². The van der Waals surface area contributed by atoms with E-state index in [0.29, 0.717) is 0 Å². The first-order valence-corrected chi connectivity index (χ1v) is 12.9. The second-order valence-corrected chi connectivity index (χ2v) is 11.0. The highest BCUT2D eigenvalue weighted by atomic mass is 32.2. The summed E-state index contributed by atoms with van der Waals surface area (Å²) in [6, 6.07) is 10.2. The molecule has 1 aliphatic heterocycles. The van der Waals surface area contributed by atoms with Gasteiger partial charge in [-0.2, -0.15) is 0 Å². The summed E-state index contributed by atoms with van der Waals surface area (Å²) in [5, 5.41) is 12.4. The number of carbonyl (C=O) groups excluding carboxylic acids is 1. The van der Waals surface area contributed by atoms with E-state index in [1.54, 1.807) is 0 Å². The summed E-state index contributed by atoms with van der Waals surface area (Å²) >= 11 is 0. The van der Waals surface area contributed by atoms with Crippen LogP contribution in [0.4, 0.5) is 18.9 Å². The van der Waals surface area contributed by atoms with Crippen LogP contribution in [0.15, 0.2) is 59.5 Å². The van der Waals surface area contributed by atoms with Gasteiger partial charge in [0.05, 0.1) is 30.8 Å². The highest BCUT2D eigenvalue weighted by Crippen LogP contribution is 2.41. The molecule has 1 amide bonds. The van der Waals surface area contributed by atoms with Crippen LogP contribution in [-0.4, -0.2) is 51.3 Å². The number of carbonyl (C=O) groups is 1. The third-order valence-electron chi connectivity index (χ3n) is 5.89. The average Bonchev–Trinajstić information content (AvgIpc) is 2.87. The summed E-state index contributed by atoms with van der Waals surface area (Å²) in [6.45, 7) is 2.15. The van der Waals surface area contributed by atoms with Crippen molar-refractivity contribution in [2.45, 2.75) is 30.4 Å². The molecule has 0 saturated carbocycles. The van der Waals surface area contributed by atoms with E-state index >= 15 is 0 Å². The normalized spacial score (nSPS) is 15.4. The number of benzene rings is 3. The maximum Gasteiger partial charge on any atom is 0.264 e. The smallest absolute Gasteiger partial charge is 0.264 e. The number of ether oxygens (including phenoxy) is 2. The molecule has 0 saturated heterocycles. The van der Waals surface area contributed by atoms with Gasteiger partial charge in [-0.15, -0.1) is 0 Å². The predicted molar refractivity (Wildman–Crippen MR) is 133 cm³/mol. The van der Waals surface area contributed by atoms with E-state index in [4.69, 9.17) is 9.47 Å². The van der Waals surface area contributed by atoms with Crippen LogP contribution in [-0.2, 0) is 14.8 Å². The first-order valence-electron chi connectivity index (χ1n) is 11.4.